The molecule has 0 bridgehead atoms. The fraction of sp³-hybridized carbons (Fsp3) is 1.00. The highest BCUT2D eigenvalue weighted by Gasteiger charge is 2.24. The van der Waals surface area contributed by atoms with Crippen molar-refractivity contribution in [3.05, 3.63) is 0 Å². The summed E-state index contributed by atoms with van der Waals surface area (Å²) in [5.74, 6) is 0.819. The molecule has 9 heavy (non-hydrogen) atoms. The summed E-state index contributed by atoms with van der Waals surface area (Å²) in [6, 6.07) is 0.718. The Morgan fingerprint density at radius 2 is 2.11 bits per heavy atom. The zero-order valence-corrected chi connectivity index (χ0v) is 6.52. The zero-order chi connectivity index (χ0) is 6.85. The van der Waals surface area contributed by atoms with Gasteiger partial charge in [-0.25, -0.2) is 0 Å². The molecule has 0 aromatic carbocycles. The predicted molar refractivity (Wildman–Crippen MR) is 39.5 cm³/mol. The second-order valence-corrected chi connectivity index (χ2v) is 3.09. The fourth-order valence-electron chi connectivity index (χ4n) is 1.58. The first-order valence-electron chi connectivity index (χ1n) is 3.60. The lowest BCUT2D eigenvalue weighted by atomic mass is 10.1. The molecule has 1 rings (SSSR count). The minimum atomic E-state index is 0.718. The summed E-state index contributed by atoms with van der Waals surface area (Å²) in [5.41, 5.74) is 0. The Morgan fingerprint density at radius 3 is 2.33 bits per heavy atom. The van der Waals surface area contributed by atoms with Gasteiger partial charge in [-0.3, -0.25) is 0 Å². The number of hydrogen-bond donors (Lipinski definition) is 1. The zero-order valence-electron chi connectivity index (χ0n) is 6.52. The van der Waals surface area contributed by atoms with Crippen molar-refractivity contribution in [2.45, 2.75) is 13.0 Å². The maximum atomic E-state index is 3.30. The van der Waals surface area contributed by atoms with Crippen LogP contribution >= 0.6 is 0 Å². The van der Waals surface area contributed by atoms with Crippen molar-refractivity contribution in [1.29, 1.82) is 0 Å². The molecule has 0 unspecified atom stereocenters. The van der Waals surface area contributed by atoms with Gasteiger partial charge in [-0.15, -0.1) is 0 Å². The second kappa shape index (κ2) is 2.67. The van der Waals surface area contributed by atoms with Crippen molar-refractivity contribution >= 4 is 0 Å². The van der Waals surface area contributed by atoms with Gasteiger partial charge in [0.15, 0.2) is 0 Å². The van der Waals surface area contributed by atoms with Crippen LogP contribution in [0.15, 0.2) is 0 Å². The van der Waals surface area contributed by atoms with Crippen molar-refractivity contribution < 1.29 is 0 Å². The highest BCUT2D eigenvalue weighted by atomic mass is 15.2. The third kappa shape index (κ3) is 1.43. The van der Waals surface area contributed by atoms with Gasteiger partial charge in [0.05, 0.1) is 0 Å². The van der Waals surface area contributed by atoms with Crippen molar-refractivity contribution in [2.75, 3.05) is 27.2 Å². The van der Waals surface area contributed by atoms with Crippen LogP contribution in [0.3, 0.4) is 0 Å². The summed E-state index contributed by atoms with van der Waals surface area (Å²) >= 11 is 0. The summed E-state index contributed by atoms with van der Waals surface area (Å²) in [5, 5.41) is 3.30. The van der Waals surface area contributed by atoms with Crippen molar-refractivity contribution in [2.24, 2.45) is 5.92 Å². The third-order valence-electron chi connectivity index (χ3n) is 2.17. The van der Waals surface area contributed by atoms with Gasteiger partial charge in [0.25, 0.3) is 0 Å². The first-order chi connectivity index (χ1) is 4.24. The normalized spacial score (nSPS) is 37.7. The number of likely N-dealkylation sites (N-methyl/N-ethyl adjacent to an activating group) is 2. The summed E-state index contributed by atoms with van der Waals surface area (Å²) < 4.78 is 0. The first-order valence-corrected chi connectivity index (χ1v) is 3.60. The average molecular weight is 128 g/mol. The quantitative estimate of drug-likeness (QED) is 0.541. The number of nitrogens with one attached hydrogen (secondary N) is 1. The van der Waals surface area contributed by atoms with E-state index in [1.807, 2.05) is 7.05 Å². The van der Waals surface area contributed by atoms with E-state index in [2.05, 4.69) is 24.2 Å². The van der Waals surface area contributed by atoms with Gasteiger partial charge in [-0.2, -0.15) is 0 Å². The van der Waals surface area contributed by atoms with Crippen molar-refractivity contribution in [3.8, 4) is 0 Å². The van der Waals surface area contributed by atoms with E-state index in [-0.39, 0.29) is 0 Å². The van der Waals surface area contributed by atoms with E-state index in [4.69, 9.17) is 0 Å². The summed E-state index contributed by atoms with van der Waals surface area (Å²) in [6.45, 7) is 4.74. The average Bonchev–Trinajstić information content (AvgIpc) is 2.10. The van der Waals surface area contributed by atoms with Gasteiger partial charge in [0, 0.05) is 19.1 Å². The highest BCUT2D eigenvalue weighted by Crippen LogP contribution is 2.12. The van der Waals surface area contributed by atoms with E-state index in [0.29, 0.717) is 0 Å². The molecule has 2 heteroatoms. The maximum Gasteiger partial charge on any atom is 0.0229 e. The third-order valence-corrected chi connectivity index (χ3v) is 2.17. The Bertz CT molecular complexity index is 92.9. The molecule has 0 aromatic heterocycles. The molecule has 1 aliphatic heterocycles. The number of rotatable bonds is 1. The molecule has 1 N–H and O–H groups in total. The molecule has 2 nitrogen and oxygen atoms in total. The van der Waals surface area contributed by atoms with Crippen LogP contribution in [0.5, 0.6) is 0 Å². The Morgan fingerprint density at radius 1 is 1.44 bits per heavy atom. The topological polar surface area (TPSA) is 15.3 Å². The van der Waals surface area contributed by atoms with Gasteiger partial charge in [-0.05, 0) is 20.0 Å². The van der Waals surface area contributed by atoms with Crippen LogP contribution in [0.25, 0.3) is 0 Å². The first kappa shape index (κ1) is 7.03. The Balaban J connectivity index is 2.38. The monoisotopic (exact) mass is 128 g/mol. The smallest absolute Gasteiger partial charge is 0.0229 e. The van der Waals surface area contributed by atoms with Gasteiger partial charge < -0.3 is 10.2 Å². The summed E-state index contributed by atoms with van der Waals surface area (Å²) in [4.78, 5) is 2.37. The van der Waals surface area contributed by atoms with Crippen molar-refractivity contribution in [1.82, 2.24) is 10.2 Å². The Kier molecular flexibility index (Phi) is 2.09. The molecule has 0 saturated carbocycles. The maximum absolute atomic E-state index is 3.30. The lowest BCUT2D eigenvalue weighted by molar-refractivity contribution is 0.399. The van der Waals surface area contributed by atoms with Crippen LogP contribution in [0, 0.1) is 5.92 Å². The van der Waals surface area contributed by atoms with Crippen LogP contribution in [-0.2, 0) is 0 Å². The standard InChI is InChI=1S/C7H16N2/c1-6-4-9(3)5-7(6)8-2/h6-8H,4-5H2,1-3H3/t6-,7+/m0/s1. The van der Waals surface area contributed by atoms with E-state index < -0.39 is 0 Å². The Hall–Kier alpha value is -0.0800. The second-order valence-electron chi connectivity index (χ2n) is 3.09. The molecule has 1 fully saturated rings. The van der Waals surface area contributed by atoms with Crippen LogP contribution < -0.4 is 5.32 Å². The fourth-order valence-corrected chi connectivity index (χ4v) is 1.58. The summed E-state index contributed by atoms with van der Waals surface area (Å²) in [6.07, 6.45) is 0. The number of nitrogens with zero attached hydrogens (tertiary/aromatic N) is 1. The molecule has 1 heterocycles. The molecule has 0 spiro atoms. The number of hydrogen-bond acceptors (Lipinski definition) is 2. The molecule has 0 aliphatic carbocycles. The predicted octanol–water partition coefficient (Wildman–Crippen LogP) is 0.156. The van der Waals surface area contributed by atoms with Gasteiger partial charge in [0.2, 0.25) is 0 Å². The molecule has 1 saturated heterocycles. The van der Waals surface area contributed by atoms with Crippen LogP contribution in [0.4, 0.5) is 0 Å². The largest absolute Gasteiger partial charge is 0.315 e. The molecule has 2 atom stereocenters. The summed E-state index contributed by atoms with van der Waals surface area (Å²) in [7, 11) is 4.22. The molecular weight excluding hydrogens is 112 g/mol. The molecule has 54 valence electrons. The molecule has 0 amide bonds. The van der Waals surface area contributed by atoms with Crippen LogP contribution in [0.2, 0.25) is 0 Å². The lowest BCUT2D eigenvalue weighted by Gasteiger charge is -2.11. The van der Waals surface area contributed by atoms with Gasteiger partial charge in [0.1, 0.15) is 0 Å². The van der Waals surface area contributed by atoms with E-state index in [1.165, 1.54) is 13.1 Å². The minimum Gasteiger partial charge on any atom is -0.315 e. The van der Waals surface area contributed by atoms with E-state index in [9.17, 15) is 0 Å². The lowest BCUT2D eigenvalue weighted by Crippen LogP contribution is -2.31. The van der Waals surface area contributed by atoms with E-state index in [1.54, 1.807) is 0 Å². The highest BCUT2D eigenvalue weighted by molar-refractivity contribution is 4.83. The van der Waals surface area contributed by atoms with Gasteiger partial charge in [-0.1, -0.05) is 6.92 Å². The SMILES string of the molecule is CN[C@@H]1CN(C)C[C@@H]1C. The van der Waals surface area contributed by atoms with E-state index >= 15 is 0 Å². The van der Waals surface area contributed by atoms with Gasteiger partial charge >= 0.3 is 0 Å². The minimum absolute atomic E-state index is 0.718. The molecule has 0 aromatic rings. The molecular formula is C7H16N2. The van der Waals surface area contributed by atoms with Crippen LogP contribution in [0.1, 0.15) is 6.92 Å². The molecule has 1 aliphatic rings. The molecule has 0 radical (unpaired) electrons. The Labute approximate surface area is 57.2 Å². The van der Waals surface area contributed by atoms with Crippen LogP contribution in [-0.4, -0.2) is 38.1 Å². The van der Waals surface area contributed by atoms with E-state index in [0.717, 1.165) is 12.0 Å². The van der Waals surface area contributed by atoms with Crippen molar-refractivity contribution in [3.63, 3.8) is 0 Å². The number of likely N-dealkylation sites (tertiary alicyclic amines) is 1.